The van der Waals surface area contributed by atoms with Crippen molar-refractivity contribution in [3.63, 3.8) is 0 Å². The molecule has 1 atom stereocenters. The van der Waals surface area contributed by atoms with Crippen LogP contribution < -0.4 is 5.32 Å². The van der Waals surface area contributed by atoms with E-state index in [0.717, 1.165) is 0 Å². The molecule has 50 valence electrons. The van der Waals surface area contributed by atoms with E-state index < -0.39 is 6.10 Å². The zero-order chi connectivity index (χ0) is 6.85. The molecular formula is C5H7NO3. The molecule has 0 aromatic heterocycles. The molecule has 0 aliphatic carbocycles. The number of ether oxygens (including phenoxy) is 1. The van der Waals surface area contributed by atoms with E-state index in [1.807, 2.05) is 0 Å². The van der Waals surface area contributed by atoms with E-state index in [-0.39, 0.29) is 18.4 Å². The number of cyclic esters (lactones) is 1. The molecular weight excluding hydrogens is 122 g/mol. The van der Waals surface area contributed by atoms with Crippen molar-refractivity contribution in [3.05, 3.63) is 0 Å². The first-order valence-electron chi connectivity index (χ1n) is 2.67. The maximum absolute atomic E-state index is 10.6. The summed E-state index contributed by atoms with van der Waals surface area (Å²) in [6.07, 6.45) is -0.619. The van der Waals surface area contributed by atoms with Crippen LogP contribution in [-0.4, -0.2) is 24.5 Å². The lowest BCUT2D eigenvalue weighted by atomic mass is 10.3. The first-order chi connectivity index (χ1) is 4.20. The highest BCUT2D eigenvalue weighted by atomic mass is 16.6. The maximum atomic E-state index is 10.6. The van der Waals surface area contributed by atoms with Crippen LogP contribution in [0.25, 0.3) is 0 Å². The van der Waals surface area contributed by atoms with Crippen molar-refractivity contribution < 1.29 is 14.3 Å². The van der Waals surface area contributed by atoms with Gasteiger partial charge in [-0.15, -0.1) is 0 Å². The summed E-state index contributed by atoms with van der Waals surface area (Å²) >= 11 is 0. The average Bonchev–Trinajstić information content (AvgIpc) is 1.80. The van der Waals surface area contributed by atoms with Gasteiger partial charge in [0.1, 0.15) is 6.54 Å². The van der Waals surface area contributed by atoms with Crippen LogP contribution in [0.4, 0.5) is 0 Å². The van der Waals surface area contributed by atoms with Gasteiger partial charge in [-0.3, -0.25) is 9.59 Å². The third-order valence-corrected chi connectivity index (χ3v) is 1.08. The first kappa shape index (κ1) is 6.07. The van der Waals surface area contributed by atoms with Gasteiger partial charge in [0.15, 0.2) is 6.10 Å². The van der Waals surface area contributed by atoms with E-state index in [0.29, 0.717) is 0 Å². The summed E-state index contributed by atoms with van der Waals surface area (Å²) in [4.78, 5) is 20.9. The fourth-order valence-corrected chi connectivity index (χ4v) is 0.595. The van der Waals surface area contributed by atoms with Crippen LogP contribution in [0, 0.1) is 0 Å². The maximum Gasteiger partial charge on any atom is 0.326 e. The SMILES string of the molecule is CC1OC(=O)CNC1=O. The Bertz CT molecular complexity index is 154. The summed E-state index contributed by atoms with van der Waals surface area (Å²) in [7, 11) is 0. The molecule has 0 aromatic carbocycles. The third-order valence-electron chi connectivity index (χ3n) is 1.08. The topological polar surface area (TPSA) is 55.4 Å². The van der Waals surface area contributed by atoms with Crippen LogP contribution in [-0.2, 0) is 14.3 Å². The molecule has 1 saturated heterocycles. The van der Waals surface area contributed by atoms with Gasteiger partial charge in [-0.25, -0.2) is 0 Å². The van der Waals surface area contributed by atoms with E-state index in [2.05, 4.69) is 10.1 Å². The summed E-state index contributed by atoms with van der Waals surface area (Å²) in [5, 5.41) is 2.37. The van der Waals surface area contributed by atoms with Crippen LogP contribution in [0.15, 0.2) is 0 Å². The molecule has 9 heavy (non-hydrogen) atoms. The molecule has 0 bridgehead atoms. The molecule has 1 aliphatic rings. The summed E-state index contributed by atoms with van der Waals surface area (Å²) < 4.78 is 4.55. The van der Waals surface area contributed by atoms with Gasteiger partial charge < -0.3 is 10.1 Å². The highest BCUT2D eigenvalue weighted by Crippen LogP contribution is 1.95. The molecule has 1 rings (SSSR count). The van der Waals surface area contributed by atoms with Crippen LogP contribution >= 0.6 is 0 Å². The largest absolute Gasteiger partial charge is 0.451 e. The zero-order valence-electron chi connectivity index (χ0n) is 5.01. The molecule has 1 N–H and O–H groups in total. The number of morpholine rings is 1. The minimum absolute atomic E-state index is 0.00315. The highest BCUT2D eigenvalue weighted by Gasteiger charge is 2.22. The van der Waals surface area contributed by atoms with Gasteiger partial charge in [0.25, 0.3) is 5.91 Å². The van der Waals surface area contributed by atoms with Gasteiger partial charge in [0.2, 0.25) is 0 Å². The van der Waals surface area contributed by atoms with Gasteiger partial charge >= 0.3 is 5.97 Å². The Morgan fingerprint density at radius 1 is 1.67 bits per heavy atom. The van der Waals surface area contributed by atoms with Crippen LogP contribution in [0.2, 0.25) is 0 Å². The first-order valence-corrected chi connectivity index (χ1v) is 2.67. The van der Waals surface area contributed by atoms with Crippen molar-refractivity contribution >= 4 is 11.9 Å². The lowest BCUT2D eigenvalue weighted by Gasteiger charge is -2.17. The number of nitrogens with one attached hydrogen (secondary N) is 1. The monoisotopic (exact) mass is 129 g/mol. The molecule has 0 aromatic rings. The predicted octanol–water partition coefficient (Wildman–Crippen LogP) is -0.952. The van der Waals surface area contributed by atoms with Crippen LogP contribution in [0.3, 0.4) is 0 Å². The average molecular weight is 129 g/mol. The summed E-state index contributed by atoms with van der Waals surface area (Å²) in [6.45, 7) is 1.54. The lowest BCUT2D eigenvalue weighted by Crippen LogP contribution is -2.45. The van der Waals surface area contributed by atoms with Crippen molar-refractivity contribution in [2.24, 2.45) is 0 Å². The minimum atomic E-state index is -0.619. The van der Waals surface area contributed by atoms with E-state index >= 15 is 0 Å². The summed E-state index contributed by atoms with van der Waals surface area (Å²) in [6, 6.07) is 0. The van der Waals surface area contributed by atoms with E-state index in [1.165, 1.54) is 6.92 Å². The van der Waals surface area contributed by atoms with Crippen molar-refractivity contribution in [1.82, 2.24) is 5.32 Å². The van der Waals surface area contributed by atoms with Crippen molar-refractivity contribution in [2.45, 2.75) is 13.0 Å². The molecule has 0 spiro atoms. The number of esters is 1. The van der Waals surface area contributed by atoms with Gasteiger partial charge in [-0.2, -0.15) is 0 Å². The van der Waals surface area contributed by atoms with Crippen molar-refractivity contribution in [3.8, 4) is 0 Å². The Kier molecular flexibility index (Phi) is 1.38. The molecule has 0 saturated carbocycles. The number of rotatable bonds is 0. The van der Waals surface area contributed by atoms with Crippen molar-refractivity contribution in [2.75, 3.05) is 6.54 Å². The smallest absolute Gasteiger partial charge is 0.326 e. The number of amides is 1. The second-order valence-corrected chi connectivity index (χ2v) is 1.85. The number of carbonyl (C=O) groups excluding carboxylic acids is 2. The van der Waals surface area contributed by atoms with Gasteiger partial charge in [0.05, 0.1) is 0 Å². The minimum Gasteiger partial charge on any atom is -0.451 e. The number of hydrogen-bond acceptors (Lipinski definition) is 3. The van der Waals surface area contributed by atoms with E-state index in [1.54, 1.807) is 0 Å². The van der Waals surface area contributed by atoms with Gasteiger partial charge in [0, 0.05) is 0 Å². The Morgan fingerprint density at radius 2 is 2.33 bits per heavy atom. The molecule has 4 heteroatoms. The lowest BCUT2D eigenvalue weighted by molar-refractivity contribution is -0.159. The van der Waals surface area contributed by atoms with Crippen LogP contribution in [0.1, 0.15) is 6.92 Å². The normalized spacial score (nSPS) is 27.0. The van der Waals surface area contributed by atoms with E-state index in [9.17, 15) is 9.59 Å². The van der Waals surface area contributed by atoms with Crippen LogP contribution in [0.5, 0.6) is 0 Å². The Morgan fingerprint density at radius 3 is 2.78 bits per heavy atom. The second kappa shape index (κ2) is 2.05. The molecule has 1 fully saturated rings. The Balaban J connectivity index is 2.54. The van der Waals surface area contributed by atoms with Crippen molar-refractivity contribution in [1.29, 1.82) is 0 Å². The van der Waals surface area contributed by atoms with Gasteiger partial charge in [-0.1, -0.05) is 0 Å². The summed E-state index contributed by atoms with van der Waals surface area (Å²) in [5.41, 5.74) is 0. The molecule has 1 heterocycles. The molecule has 0 radical (unpaired) electrons. The predicted molar refractivity (Wildman–Crippen MR) is 28.6 cm³/mol. The summed E-state index contributed by atoms with van der Waals surface area (Å²) in [5.74, 6) is -0.600. The second-order valence-electron chi connectivity index (χ2n) is 1.85. The fraction of sp³-hybridized carbons (Fsp3) is 0.600. The number of carbonyl (C=O) groups is 2. The fourth-order valence-electron chi connectivity index (χ4n) is 0.595. The van der Waals surface area contributed by atoms with Gasteiger partial charge in [-0.05, 0) is 6.92 Å². The quantitative estimate of drug-likeness (QED) is 0.429. The molecule has 4 nitrogen and oxygen atoms in total. The number of hydrogen-bond donors (Lipinski definition) is 1. The Labute approximate surface area is 52.2 Å². The Hall–Kier alpha value is -1.06. The molecule has 1 unspecified atom stereocenters. The zero-order valence-corrected chi connectivity index (χ0v) is 5.01. The molecule has 1 amide bonds. The highest BCUT2D eigenvalue weighted by molar-refractivity contribution is 5.90. The van der Waals surface area contributed by atoms with E-state index in [4.69, 9.17) is 0 Å². The molecule has 1 aliphatic heterocycles. The third kappa shape index (κ3) is 1.19. The standard InChI is InChI=1S/C5H7NO3/c1-3-5(8)6-2-4(7)9-3/h3H,2H2,1H3,(H,6,8).